The number of hydrogen-bond donors (Lipinski definition) is 0. The Bertz CT molecular complexity index is 878. The van der Waals surface area contributed by atoms with Gasteiger partial charge in [0.05, 0.1) is 6.10 Å². The molecule has 4 nitrogen and oxygen atoms in total. The predicted octanol–water partition coefficient (Wildman–Crippen LogP) is 4.67. The van der Waals surface area contributed by atoms with Crippen molar-refractivity contribution in [3.8, 4) is 0 Å². The summed E-state index contributed by atoms with van der Waals surface area (Å²) in [5.41, 5.74) is 1.30. The van der Waals surface area contributed by atoms with Crippen molar-refractivity contribution in [2.45, 2.75) is 44.7 Å². The molecule has 0 fully saturated rings. The molecule has 1 aliphatic heterocycles. The van der Waals surface area contributed by atoms with E-state index in [-0.39, 0.29) is 24.1 Å². The molecular formula is C23H22O4. The molecule has 1 spiro atoms. The third-order valence-electron chi connectivity index (χ3n) is 5.37. The van der Waals surface area contributed by atoms with Crippen LogP contribution in [0.2, 0.25) is 0 Å². The predicted molar refractivity (Wildman–Crippen MR) is 102 cm³/mol. The standard InChI is InChI=1S/C23H22O4/c1-3-19(16-9-5-4-6-10-16)26-22-15(2)13-14-23(27-22)20(24)17-11-7-8-12-18(17)21(23)25/h4-13,19,22H,3,14H2,1-2H3/t19-,22+/m1/s1. The van der Waals surface area contributed by atoms with Crippen LogP contribution in [-0.4, -0.2) is 23.5 Å². The smallest absolute Gasteiger partial charge is 0.203 e. The minimum absolute atomic E-state index is 0.177. The van der Waals surface area contributed by atoms with Gasteiger partial charge < -0.3 is 9.47 Å². The monoisotopic (exact) mass is 362 g/mol. The molecule has 1 heterocycles. The number of carbonyl (C=O) groups is 2. The normalized spacial score (nSPS) is 21.9. The van der Waals surface area contributed by atoms with Gasteiger partial charge in [-0.1, -0.05) is 67.6 Å². The van der Waals surface area contributed by atoms with Crippen LogP contribution in [0, 0.1) is 0 Å². The van der Waals surface area contributed by atoms with Gasteiger partial charge in [0.25, 0.3) is 0 Å². The van der Waals surface area contributed by atoms with Crippen LogP contribution in [0.25, 0.3) is 0 Å². The van der Waals surface area contributed by atoms with Crippen LogP contribution in [0.5, 0.6) is 0 Å². The van der Waals surface area contributed by atoms with E-state index in [1.807, 2.05) is 50.3 Å². The van der Waals surface area contributed by atoms with Gasteiger partial charge in [-0.15, -0.1) is 0 Å². The number of rotatable bonds is 4. The fourth-order valence-electron chi connectivity index (χ4n) is 3.80. The van der Waals surface area contributed by atoms with Crippen LogP contribution in [-0.2, 0) is 9.47 Å². The molecule has 0 unspecified atom stereocenters. The lowest BCUT2D eigenvalue weighted by atomic mass is 9.90. The number of carbonyl (C=O) groups excluding carboxylic acids is 2. The van der Waals surface area contributed by atoms with E-state index in [4.69, 9.17) is 9.47 Å². The molecule has 0 radical (unpaired) electrons. The summed E-state index contributed by atoms with van der Waals surface area (Å²) in [5, 5.41) is 0. The molecule has 0 amide bonds. The van der Waals surface area contributed by atoms with E-state index in [2.05, 4.69) is 0 Å². The van der Waals surface area contributed by atoms with Crippen LogP contribution >= 0.6 is 0 Å². The van der Waals surface area contributed by atoms with Crippen molar-refractivity contribution in [3.05, 3.63) is 82.9 Å². The van der Waals surface area contributed by atoms with Crippen molar-refractivity contribution in [1.82, 2.24) is 0 Å². The van der Waals surface area contributed by atoms with Gasteiger partial charge in [-0.25, -0.2) is 0 Å². The molecule has 1 aliphatic carbocycles. The van der Waals surface area contributed by atoms with Gasteiger partial charge in [-0.05, 0) is 24.5 Å². The molecule has 0 N–H and O–H groups in total. The van der Waals surface area contributed by atoms with Crippen molar-refractivity contribution in [2.75, 3.05) is 0 Å². The molecule has 2 aliphatic rings. The lowest BCUT2D eigenvalue weighted by Gasteiger charge is -2.36. The number of fused-ring (bicyclic) bond motifs is 1. The van der Waals surface area contributed by atoms with Crippen LogP contribution in [0.4, 0.5) is 0 Å². The largest absolute Gasteiger partial charge is 0.341 e. The fourth-order valence-corrected chi connectivity index (χ4v) is 3.80. The molecule has 4 rings (SSSR count). The van der Waals surface area contributed by atoms with E-state index in [0.29, 0.717) is 11.1 Å². The number of ether oxygens (including phenoxy) is 2. The van der Waals surface area contributed by atoms with Crippen molar-refractivity contribution < 1.29 is 19.1 Å². The van der Waals surface area contributed by atoms with Crippen LogP contribution in [0.1, 0.15) is 59.1 Å². The zero-order valence-electron chi connectivity index (χ0n) is 15.5. The SMILES string of the molecule is CC[C@@H](O[C@H]1OC2(CC=C1C)C(=O)c1ccccc1C2=O)c1ccccc1. The molecule has 2 aromatic rings. The molecule has 0 saturated heterocycles. The van der Waals surface area contributed by atoms with E-state index in [9.17, 15) is 9.59 Å². The minimum Gasteiger partial charge on any atom is -0.341 e. The molecule has 0 bridgehead atoms. The highest BCUT2D eigenvalue weighted by Gasteiger charge is 2.56. The van der Waals surface area contributed by atoms with E-state index in [1.165, 1.54) is 0 Å². The first-order valence-electron chi connectivity index (χ1n) is 9.30. The van der Waals surface area contributed by atoms with Crippen molar-refractivity contribution in [2.24, 2.45) is 0 Å². The molecule has 0 aromatic heterocycles. The maximum atomic E-state index is 13.0. The van der Waals surface area contributed by atoms with E-state index < -0.39 is 11.9 Å². The molecule has 138 valence electrons. The Hall–Kier alpha value is -2.56. The first-order chi connectivity index (χ1) is 13.1. The van der Waals surface area contributed by atoms with Crippen LogP contribution in [0.15, 0.2) is 66.2 Å². The number of Topliss-reactive ketones (excluding diaryl/α,β-unsaturated/α-hetero) is 2. The van der Waals surface area contributed by atoms with E-state index in [1.54, 1.807) is 24.3 Å². The molecule has 4 heteroatoms. The van der Waals surface area contributed by atoms with Gasteiger partial charge in [-0.3, -0.25) is 9.59 Å². The molecule has 2 aromatic carbocycles. The number of benzene rings is 2. The highest BCUT2D eigenvalue weighted by Crippen LogP contribution is 2.41. The zero-order valence-corrected chi connectivity index (χ0v) is 15.5. The number of hydrogen-bond acceptors (Lipinski definition) is 4. The minimum atomic E-state index is -1.50. The van der Waals surface area contributed by atoms with E-state index >= 15 is 0 Å². The number of ketones is 2. The zero-order chi connectivity index (χ0) is 19.0. The lowest BCUT2D eigenvalue weighted by Crippen LogP contribution is -2.49. The molecule has 0 saturated carbocycles. The Labute approximate surface area is 158 Å². The van der Waals surface area contributed by atoms with Crippen LogP contribution in [0.3, 0.4) is 0 Å². The van der Waals surface area contributed by atoms with E-state index in [0.717, 1.165) is 17.6 Å². The lowest BCUT2D eigenvalue weighted by molar-refractivity contribution is -0.190. The second-order valence-electron chi connectivity index (χ2n) is 7.08. The average Bonchev–Trinajstić information content (AvgIpc) is 2.91. The maximum absolute atomic E-state index is 13.0. The highest BCUT2D eigenvalue weighted by molar-refractivity contribution is 6.32. The molecule has 27 heavy (non-hydrogen) atoms. The van der Waals surface area contributed by atoms with Crippen LogP contribution < -0.4 is 0 Å². The summed E-state index contributed by atoms with van der Waals surface area (Å²) in [6.45, 7) is 3.95. The van der Waals surface area contributed by atoms with Crippen molar-refractivity contribution >= 4 is 11.6 Å². The Morgan fingerprint density at radius 1 is 1.04 bits per heavy atom. The van der Waals surface area contributed by atoms with Crippen molar-refractivity contribution in [1.29, 1.82) is 0 Å². The van der Waals surface area contributed by atoms with Gasteiger partial charge in [0.2, 0.25) is 11.6 Å². The third kappa shape index (κ3) is 2.85. The Morgan fingerprint density at radius 2 is 1.63 bits per heavy atom. The average molecular weight is 362 g/mol. The first kappa shape index (κ1) is 17.8. The van der Waals surface area contributed by atoms with Gasteiger partial charge in [0, 0.05) is 17.5 Å². The summed E-state index contributed by atoms with van der Waals surface area (Å²) in [7, 11) is 0. The summed E-state index contributed by atoms with van der Waals surface area (Å²) < 4.78 is 12.3. The van der Waals surface area contributed by atoms with Gasteiger partial charge in [0.1, 0.15) is 0 Å². The summed E-state index contributed by atoms with van der Waals surface area (Å²) >= 11 is 0. The highest BCUT2D eigenvalue weighted by atomic mass is 16.7. The summed E-state index contributed by atoms with van der Waals surface area (Å²) in [6.07, 6.45) is 1.99. The second kappa shape index (κ2) is 6.87. The Balaban J connectivity index is 1.63. The van der Waals surface area contributed by atoms with Gasteiger partial charge >= 0.3 is 0 Å². The van der Waals surface area contributed by atoms with Gasteiger partial charge in [0.15, 0.2) is 11.9 Å². The van der Waals surface area contributed by atoms with Crippen molar-refractivity contribution in [3.63, 3.8) is 0 Å². The second-order valence-corrected chi connectivity index (χ2v) is 7.08. The third-order valence-corrected chi connectivity index (χ3v) is 5.37. The fraction of sp³-hybridized carbons (Fsp3) is 0.304. The Morgan fingerprint density at radius 3 is 2.22 bits per heavy atom. The topological polar surface area (TPSA) is 52.6 Å². The summed E-state index contributed by atoms with van der Waals surface area (Å²) in [6, 6.07) is 16.8. The maximum Gasteiger partial charge on any atom is 0.203 e. The molecular weight excluding hydrogens is 340 g/mol. The molecule has 2 atom stereocenters. The van der Waals surface area contributed by atoms with Gasteiger partial charge in [-0.2, -0.15) is 0 Å². The summed E-state index contributed by atoms with van der Waals surface area (Å²) in [4.78, 5) is 26.1. The summed E-state index contributed by atoms with van der Waals surface area (Å²) in [5.74, 6) is -0.540. The Kier molecular flexibility index (Phi) is 4.54. The quantitative estimate of drug-likeness (QED) is 0.586. The first-order valence-corrected chi connectivity index (χ1v) is 9.30.